The normalized spacial score (nSPS) is 17.6. The molecule has 0 radical (unpaired) electrons. The van der Waals surface area contributed by atoms with Crippen molar-refractivity contribution in [3.8, 4) is 0 Å². The van der Waals surface area contributed by atoms with Gasteiger partial charge in [0.15, 0.2) is 11.0 Å². The molecule has 1 atom stereocenters. The number of hydrogen-bond donors (Lipinski definition) is 0. The molecule has 196 valence electrons. The van der Waals surface area contributed by atoms with Crippen molar-refractivity contribution in [2.45, 2.75) is 32.5 Å². The second kappa shape index (κ2) is 8.78. The van der Waals surface area contributed by atoms with Crippen molar-refractivity contribution in [2.24, 2.45) is 0 Å². The van der Waals surface area contributed by atoms with Gasteiger partial charge >= 0.3 is 0 Å². The van der Waals surface area contributed by atoms with Crippen LogP contribution in [0.4, 0.5) is 5.69 Å². The van der Waals surface area contributed by atoms with Crippen molar-refractivity contribution < 1.29 is 14.0 Å². The molecule has 0 bridgehead atoms. The second-order valence-electron chi connectivity index (χ2n) is 10.6. The Morgan fingerprint density at radius 1 is 0.725 bits per heavy atom. The quantitative estimate of drug-likeness (QED) is 0.294. The number of carbonyl (C=O) groups excluding carboxylic acids is 2. The molecule has 1 aromatic heterocycles. The monoisotopic (exact) mass is 526 g/mol. The van der Waals surface area contributed by atoms with Crippen molar-refractivity contribution in [2.75, 3.05) is 4.90 Å². The van der Waals surface area contributed by atoms with Crippen LogP contribution in [0.25, 0.3) is 11.0 Å². The maximum absolute atomic E-state index is 14.9. The number of rotatable bonds is 4. The average Bonchev–Trinajstić information content (AvgIpc) is 3.35. The molecule has 0 saturated heterocycles. The van der Waals surface area contributed by atoms with E-state index < -0.39 is 11.4 Å². The number of nitrogens with zero attached hydrogens (tertiary/aromatic N) is 2. The van der Waals surface area contributed by atoms with Crippen LogP contribution >= 0.6 is 0 Å². The first-order chi connectivity index (χ1) is 19.4. The van der Waals surface area contributed by atoms with E-state index in [9.17, 15) is 14.4 Å². The lowest BCUT2D eigenvalue weighted by Crippen LogP contribution is -2.52. The van der Waals surface area contributed by atoms with Gasteiger partial charge < -0.3 is 14.2 Å². The number of aryl methyl sites for hydroxylation is 2. The SMILES string of the molecule is Cc1ccc(CN2C(=O)c3oc4ccccc4c(=O)c3C23C(=O)N(Cc2cccc(C)c2)c2ccccc23)cc1. The minimum absolute atomic E-state index is 0.0728. The molecule has 2 aliphatic rings. The van der Waals surface area contributed by atoms with E-state index in [1.807, 2.05) is 86.6 Å². The van der Waals surface area contributed by atoms with Gasteiger partial charge in [0.2, 0.25) is 5.76 Å². The van der Waals surface area contributed by atoms with Gasteiger partial charge in [0.25, 0.3) is 11.8 Å². The maximum Gasteiger partial charge on any atom is 0.291 e. The van der Waals surface area contributed by atoms with Crippen molar-refractivity contribution in [1.82, 2.24) is 4.90 Å². The number of fused-ring (bicyclic) bond motifs is 5. The molecule has 0 aliphatic carbocycles. The molecular weight excluding hydrogens is 500 g/mol. The summed E-state index contributed by atoms with van der Waals surface area (Å²) >= 11 is 0. The number of hydrogen-bond acceptors (Lipinski definition) is 4. The summed E-state index contributed by atoms with van der Waals surface area (Å²) in [6.07, 6.45) is 0. The Morgan fingerprint density at radius 3 is 2.27 bits per heavy atom. The van der Waals surface area contributed by atoms with Gasteiger partial charge in [-0.1, -0.05) is 90.0 Å². The Kier molecular flexibility index (Phi) is 5.29. The van der Waals surface area contributed by atoms with E-state index >= 15 is 0 Å². The van der Waals surface area contributed by atoms with Gasteiger partial charge in [-0.05, 0) is 43.2 Å². The summed E-state index contributed by atoms with van der Waals surface area (Å²) in [6, 6.07) is 30.2. The zero-order valence-corrected chi connectivity index (χ0v) is 22.2. The molecule has 2 aliphatic heterocycles. The van der Waals surface area contributed by atoms with Crippen LogP contribution in [0.5, 0.6) is 0 Å². The molecule has 5 aromatic rings. The predicted octanol–water partition coefficient (Wildman–Crippen LogP) is 5.86. The first-order valence-electron chi connectivity index (χ1n) is 13.3. The topological polar surface area (TPSA) is 70.8 Å². The summed E-state index contributed by atoms with van der Waals surface area (Å²) in [7, 11) is 0. The van der Waals surface area contributed by atoms with Gasteiger partial charge in [0.05, 0.1) is 23.2 Å². The van der Waals surface area contributed by atoms with Gasteiger partial charge in [0, 0.05) is 12.1 Å². The number of carbonyl (C=O) groups is 2. The summed E-state index contributed by atoms with van der Waals surface area (Å²) in [5.74, 6) is -0.882. The van der Waals surface area contributed by atoms with Crippen LogP contribution in [-0.4, -0.2) is 16.7 Å². The summed E-state index contributed by atoms with van der Waals surface area (Å²) in [5.41, 5.74) is 3.66. The lowest BCUT2D eigenvalue weighted by Gasteiger charge is -2.34. The highest BCUT2D eigenvalue weighted by Gasteiger charge is 2.64. The third-order valence-electron chi connectivity index (χ3n) is 8.03. The minimum atomic E-state index is -1.65. The molecule has 6 heteroatoms. The highest BCUT2D eigenvalue weighted by molar-refractivity contribution is 6.17. The van der Waals surface area contributed by atoms with E-state index in [-0.39, 0.29) is 29.2 Å². The number of anilines is 1. The average molecular weight is 527 g/mol. The zero-order valence-electron chi connectivity index (χ0n) is 22.2. The van der Waals surface area contributed by atoms with Crippen LogP contribution in [0.2, 0.25) is 0 Å². The lowest BCUT2D eigenvalue weighted by molar-refractivity contribution is -0.126. The van der Waals surface area contributed by atoms with Crippen molar-refractivity contribution in [1.29, 1.82) is 0 Å². The molecule has 6 nitrogen and oxygen atoms in total. The standard InChI is InChI=1S/C34H26N2O4/c1-21-14-16-23(17-15-21)20-36-32(38)31-29(30(37)25-10-3-6-13-28(25)40-31)34(36)26-11-4-5-12-27(26)35(33(34)39)19-24-9-7-8-22(2)18-24/h3-18H,19-20H2,1-2H3. The molecule has 1 unspecified atom stereocenters. The number of amides is 2. The second-order valence-corrected chi connectivity index (χ2v) is 10.6. The van der Waals surface area contributed by atoms with Crippen LogP contribution < -0.4 is 10.3 Å². The molecule has 0 saturated carbocycles. The van der Waals surface area contributed by atoms with Crippen LogP contribution in [0.15, 0.2) is 106 Å². The van der Waals surface area contributed by atoms with Gasteiger partial charge in [-0.2, -0.15) is 0 Å². The van der Waals surface area contributed by atoms with Gasteiger partial charge in [0.1, 0.15) is 5.58 Å². The Hall–Kier alpha value is -4.97. The molecule has 1 spiro atoms. The van der Waals surface area contributed by atoms with Gasteiger partial charge in [-0.15, -0.1) is 0 Å². The van der Waals surface area contributed by atoms with Crippen LogP contribution in [0.1, 0.15) is 43.9 Å². The fraction of sp³-hybridized carbons (Fsp3) is 0.147. The van der Waals surface area contributed by atoms with E-state index in [1.165, 1.54) is 4.90 Å². The summed E-state index contributed by atoms with van der Waals surface area (Å²) < 4.78 is 6.14. The molecule has 3 heterocycles. The summed E-state index contributed by atoms with van der Waals surface area (Å²) in [5, 5.41) is 0.341. The van der Waals surface area contributed by atoms with Crippen LogP contribution in [0, 0.1) is 13.8 Å². The molecule has 7 rings (SSSR count). The maximum atomic E-state index is 14.9. The first-order valence-corrected chi connectivity index (χ1v) is 13.3. The van der Waals surface area contributed by atoms with Crippen molar-refractivity contribution in [3.05, 3.63) is 146 Å². The fourth-order valence-corrected chi connectivity index (χ4v) is 6.18. The largest absolute Gasteiger partial charge is 0.450 e. The van der Waals surface area contributed by atoms with Crippen molar-refractivity contribution >= 4 is 28.5 Å². The first kappa shape index (κ1) is 24.1. The summed E-state index contributed by atoms with van der Waals surface area (Å²) in [4.78, 5) is 46.5. The third kappa shape index (κ3) is 3.32. The van der Waals surface area contributed by atoms with E-state index in [1.54, 1.807) is 29.2 Å². The van der Waals surface area contributed by atoms with E-state index in [2.05, 4.69) is 0 Å². The van der Waals surface area contributed by atoms with E-state index in [4.69, 9.17) is 4.42 Å². The zero-order chi connectivity index (χ0) is 27.6. The van der Waals surface area contributed by atoms with Crippen LogP contribution in [0.3, 0.4) is 0 Å². The highest BCUT2D eigenvalue weighted by Crippen LogP contribution is 2.53. The Balaban J connectivity index is 1.50. The highest BCUT2D eigenvalue weighted by atomic mass is 16.3. The molecule has 0 N–H and O–H groups in total. The van der Waals surface area contributed by atoms with Gasteiger partial charge in [-0.25, -0.2) is 0 Å². The molecular formula is C34H26N2O4. The minimum Gasteiger partial charge on any atom is -0.450 e. The fourth-order valence-electron chi connectivity index (χ4n) is 6.18. The summed E-state index contributed by atoms with van der Waals surface area (Å²) in [6.45, 7) is 4.45. The Labute approximate surface area is 231 Å². The Morgan fingerprint density at radius 2 is 1.48 bits per heavy atom. The van der Waals surface area contributed by atoms with E-state index in [0.29, 0.717) is 28.8 Å². The van der Waals surface area contributed by atoms with E-state index in [0.717, 1.165) is 22.3 Å². The van der Waals surface area contributed by atoms with Crippen molar-refractivity contribution in [3.63, 3.8) is 0 Å². The molecule has 4 aromatic carbocycles. The van der Waals surface area contributed by atoms with Crippen LogP contribution in [-0.2, 0) is 23.4 Å². The Bertz CT molecular complexity index is 1910. The number of para-hydroxylation sites is 2. The third-order valence-corrected chi connectivity index (χ3v) is 8.03. The smallest absolute Gasteiger partial charge is 0.291 e. The molecule has 0 fully saturated rings. The lowest BCUT2D eigenvalue weighted by atomic mass is 9.83. The number of benzene rings is 4. The molecule has 2 amide bonds. The van der Waals surface area contributed by atoms with Gasteiger partial charge in [-0.3, -0.25) is 14.4 Å². The molecule has 40 heavy (non-hydrogen) atoms. The predicted molar refractivity (Wildman–Crippen MR) is 153 cm³/mol.